The van der Waals surface area contributed by atoms with Crippen LogP contribution in [0.2, 0.25) is 10.0 Å². The van der Waals surface area contributed by atoms with E-state index in [-0.39, 0.29) is 24.2 Å². The Balaban J connectivity index is 0.000000225. The predicted molar refractivity (Wildman–Crippen MR) is 332 cm³/mol. The average Bonchev–Trinajstić information content (AvgIpc) is 1.63. The van der Waals surface area contributed by atoms with Crippen molar-refractivity contribution in [3.8, 4) is 79.3 Å². The molecule has 0 saturated heterocycles. The van der Waals surface area contributed by atoms with Crippen LogP contribution in [0.3, 0.4) is 0 Å². The Morgan fingerprint density at radius 3 is 1.26 bits per heavy atom. The zero-order chi connectivity index (χ0) is 61.7. The summed E-state index contributed by atoms with van der Waals surface area (Å²) in [5.41, 5.74) is 3.97. The molecule has 7 aromatic rings. The molecule has 5 aromatic carbocycles. The Kier molecular flexibility index (Phi) is 21.2. The second-order valence-electron chi connectivity index (χ2n) is 21.6. The van der Waals surface area contributed by atoms with Crippen molar-refractivity contribution >= 4 is 47.0 Å². The van der Waals surface area contributed by atoms with Gasteiger partial charge < -0.3 is 59.1 Å². The molecule has 2 heterocycles. The van der Waals surface area contributed by atoms with E-state index in [2.05, 4.69) is 20.4 Å². The van der Waals surface area contributed by atoms with Gasteiger partial charge in [-0.25, -0.2) is 19.6 Å². The molecule has 2 aromatic heterocycles. The number of pyridine rings is 2. The largest absolute Gasteiger partial charge is 0.496 e. The Labute approximate surface area is 511 Å². The van der Waals surface area contributed by atoms with Crippen LogP contribution in [0.5, 0.6) is 34.5 Å². The zero-order valence-corrected chi connectivity index (χ0v) is 51.1. The van der Waals surface area contributed by atoms with E-state index in [1.165, 1.54) is 0 Å². The standard InChI is InChI=1S/C35H36ClN3O6.C31H36ClN3O6/c1-39(2)17-8-18-45-30-19-22(13-15-26(30)36)32-25(31-28(43-3)11-7-12-29(31)44-4)14-16-27(37-32)33(40)38-35(34(41)42)20-23-9-5-6-10-24(23)21-35;1-35(2)17-8-18-41-26-19-20(11-13-22(26)32)28-21(27-24(39-3)9-7-10-25(27)40-4)12-14-23(33-28)29(36)34-31(30(37)38)15-5-6-16-31/h5-7,9-16,19H,8,17-18,20-21H2,1-4H3,(H,38,40)(H,41,42);7,9-14,19H,5-6,8,15-18H2,1-4H3,(H,34,36)(H,37,38). The first kappa shape index (κ1) is 63.6. The van der Waals surface area contributed by atoms with Crippen LogP contribution in [-0.2, 0) is 22.4 Å². The topological polar surface area (TPSA) is 220 Å². The van der Waals surface area contributed by atoms with Crippen molar-refractivity contribution < 1.29 is 57.8 Å². The highest BCUT2D eigenvalue weighted by atomic mass is 35.5. The first-order valence-electron chi connectivity index (χ1n) is 28.1. The number of hydrogen-bond acceptors (Lipinski definition) is 14. The Morgan fingerprint density at radius 1 is 0.512 bits per heavy atom. The van der Waals surface area contributed by atoms with Gasteiger partial charge in [0, 0.05) is 48.2 Å². The summed E-state index contributed by atoms with van der Waals surface area (Å²) in [7, 11) is 14.3. The number of carbonyl (C=O) groups excluding carboxylic acids is 2. The number of methoxy groups -OCH3 is 4. The Bertz CT molecular complexity index is 3520. The minimum absolute atomic E-state index is 0.0580. The first-order chi connectivity index (χ1) is 41.3. The minimum atomic E-state index is -1.49. The lowest BCUT2D eigenvalue weighted by Gasteiger charge is -2.25. The summed E-state index contributed by atoms with van der Waals surface area (Å²) in [6.45, 7) is 2.66. The van der Waals surface area contributed by atoms with E-state index < -0.39 is 34.8 Å². The number of carboxylic acid groups (broad SMARTS) is 2. The second-order valence-corrected chi connectivity index (χ2v) is 22.4. The van der Waals surface area contributed by atoms with Crippen LogP contribution in [0.25, 0.3) is 44.8 Å². The van der Waals surface area contributed by atoms with Crippen molar-refractivity contribution in [2.24, 2.45) is 0 Å². The van der Waals surface area contributed by atoms with Crippen molar-refractivity contribution in [1.29, 1.82) is 0 Å². The summed E-state index contributed by atoms with van der Waals surface area (Å²) in [6, 6.07) is 35.8. The van der Waals surface area contributed by atoms with Crippen molar-refractivity contribution in [3.05, 3.63) is 154 Å². The molecule has 0 bridgehead atoms. The highest BCUT2D eigenvalue weighted by Crippen LogP contribution is 2.46. The number of ether oxygens (including phenoxy) is 6. The third-order valence-corrected chi connectivity index (χ3v) is 15.8. The van der Waals surface area contributed by atoms with Gasteiger partial charge in [0.2, 0.25) is 0 Å². The van der Waals surface area contributed by atoms with Gasteiger partial charge in [0.25, 0.3) is 11.8 Å². The molecule has 2 aliphatic rings. The lowest BCUT2D eigenvalue weighted by atomic mass is 9.94. The number of rotatable bonds is 24. The molecule has 4 N–H and O–H groups in total. The minimum Gasteiger partial charge on any atom is -0.496 e. The number of carbonyl (C=O) groups is 4. The van der Waals surface area contributed by atoms with E-state index in [1.54, 1.807) is 89.1 Å². The summed E-state index contributed by atoms with van der Waals surface area (Å²) < 4.78 is 34.8. The highest BCUT2D eigenvalue weighted by Gasteiger charge is 2.46. The van der Waals surface area contributed by atoms with Gasteiger partial charge in [0.15, 0.2) is 0 Å². The maximum absolute atomic E-state index is 13.8. The van der Waals surface area contributed by atoms with E-state index >= 15 is 0 Å². The molecule has 0 aliphatic heterocycles. The van der Waals surface area contributed by atoms with Crippen molar-refractivity contribution in [2.45, 2.75) is 62.4 Å². The normalized spacial score (nSPS) is 13.7. The van der Waals surface area contributed by atoms with Crippen LogP contribution < -0.4 is 39.1 Å². The van der Waals surface area contributed by atoms with Gasteiger partial charge in [0.05, 0.1) is 74.2 Å². The molecular weight excluding hydrogens is 1140 g/mol. The fraction of sp³-hybridized carbons (Fsp3) is 0.333. The third-order valence-electron chi connectivity index (χ3n) is 15.2. The fourth-order valence-corrected chi connectivity index (χ4v) is 11.1. The Morgan fingerprint density at radius 2 is 0.895 bits per heavy atom. The molecule has 2 amide bonds. The fourth-order valence-electron chi connectivity index (χ4n) is 10.7. The van der Waals surface area contributed by atoms with Gasteiger partial charge >= 0.3 is 11.9 Å². The van der Waals surface area contributed by atoms with Crippen molar-refractivity contribution in [2.75, 3.05) is 82.9 Å². The maximum Gasteiger partial charge on any atom is 0.330 e. The van der Waals surface area contributed by atoms with Gasteiger partial charge in [-0.05, 0) is 138 Å². The van der Waals surface area contributed by atoms with Crippen LogP contribution in [0.4, 0.5) is 0 Å². The summed E-state index contributed by atoms with van der Waals surface area (Å²) in [5.74, 6) is -0.0746. The van der Waals surface area contributed by atoms with Crippen molar-refractivity contribution in [3.63, 3.8) is 0 Å². The van der Waals surface area contributed by atoms with Gasteiger partial charge in [-0.2, -0.15) is 0 Å². The van der Waals surface area contributed by atoms with Crippen LogP contribution in [0, 0.1) is 0 Å². The Hall–Kier alpha value is -8.42. The van der Waals surface area contributed by atoms with Crippen LogP contribution in [0.15, 0.2) is 121 Å². The summed E-state index contributed by atoms with van der Waals surface area (Å²) in [4.78, 5) is 65.5. The van der Waals surface area contributed by atoms with Crippen molar-refractivity contribution in [1.82, 2.24) is 30.4 Å². The molecule has 1 fully saturated rings. The molecule has 0 atom stereocenters. The molecule has 20 heteroatoms. The number of amides is 2. The number of benzene rings is 5. The monoisotopic (exact) mass is 1210 g/mol. The molecule has 0 spiro atoms. The highest BCUT2D eigenvalue weighted by molar-refractivity contribution is 6.32. The quantitative estimate of drug-likeness (QED) is 0.0413. The van der Waals surface area contributed by atoms with Gasteiger partial charge in [-0.3, -0.25) is 9.59 Å². The van der Waals surface area contributed by atoms with Crippen LogP contribution in [0.1, 0.15) is 70.6 Å². The number of hydrogen-bond donors (Lipinski definition) is 4. The summed E-state index contributed by atoms with van der Waals surface area (Å²) >= 11 is 13.0. The van der Waals surface area contributed by atoms with Gasteiger partial charge in [-0.15, -0.1) is 0 Å². The molecule has 1 saturated carbocycles. The number of carboxylic acids is 2. The van der Waals surface area contributed by atoms with E-state index in [4.69, 9.17) is 61.6 Å². The summed E-state index contributed by atoms with van der Waals surface area (Å²) in [6.07, 6.45) is 4.21. The van der Waals surface area contributed by atoms with E-state index in [0.29, 0.717) is 115 Å². The molecule has 86 heavy (non-hydrogen) atoms. The summed E-state index contributed by atoms with van der Waals surface area (Å²) in [5, 5.41) is 26.6. The number of halogens is 2. The molecule has 0 unspecified atom stereocenters. The number of fused-ring (bicyclic) bond motifs is 1. The van der Waals surface area contributed by atoms with Gasteiger partial charge in [0.1, 0.15) is 57.0 Å². The van der Waals surface area contributed by atoms with Gasteiger partial charge in [-0.1, -0.05) is 84.6 Å². The lowest BCUT2D eigenvalue weighted by molar-refractivity contribution is -0.145. The molecule has 9 rings (SSSR count). The predicted octanol–water partition coefficient (Wildman–Crippen LogP) is 11.3. The molecule has 2 aliphatic carbocycles. The molecule has 18 nitrogen and oxygen atoms in total. The second kappa shape index (κ2) is 28.6. The number of aliphatic carboxylic acids is 2. The zero-order valence-electron chi connectivity index (χ0n) is 49.6. The van der Waals surface area contributed by atoms with Crippen LogP contribution in [-0.4, -0.2) is 148 Å². The number of nitrogens with zero attached hydrogens (tertiary/aromatic N) is 4. The average molecular weight is 1210 g/mol. The van der Waals surface area contributed by atoms with E-state index in [1.807, 2.05) is 88.9 Å². The van der Waals surface area contributed by atoms with E-state index in [9.17, 15) is 29.4 Å². The maximum atomic E-state index is 13.8. The molecule has 452 valence electrons. The number of nitrogens with one attached hydrogen (secondary N) is 2. The smallest absolute Gasteiger partial charge is 0.330 e. The lowest BCUT2D eigenvalue weighted by Crippen LogP contribution is -2.55. The molecular formula is C66H72Cl2N6O12. The molecule has 0 radical (unpaired) electrons. The van der Waals surface area contributed by atoms with Crippen LogP contribution >= 0.6 is 23.2 Å². The first-order valence-corrected chi connectivity index (χ1v) is 28.9. The SMILES string of the molecule is COc1cccc(OC)c1-c1ccc(C(=O)NC2(C(=O)O)CCCC2)nc1-c1ccc(Cl)c(OCCCN(C)C)c1.COc1cccc(OC)c1-c1ccc(C(=O)NC2(C(=O)O)Cc3ccccc3C2)nc1-c1ccc(Cl)c(OCCCN(C)C)c1. The third kappa shape index (κ3) is 14.6. The van der Waals surface area contributed by atoms with E-state index in [0.717, 1.165) is 49.9 Å². The number of aromatic nitrogens is 2.